The summed E-state index contributed by atoms with van der Waals surface area (Å²) >= 11 is 0. The van der Waals surface area contributed by atoms with Gasteiger partial charge in [-0.2, -0.15) is 0 Å². The van der Waals surface area contributed by atoms with Gasteiger partial charge in [-0.15, -0.1) is 0 Å². The van der Waals surface area contributed by atoms with Crippen molar-refractivity contribution in [2.24, 2.45) is 0 Å². The normalized spacial score (nSPS) is 15.1. The summed E-state index contributed by atoms with van der Waals surface area (Å²) in [4.78, 5) is 4.98. The lowest BCUT2D eigenvalue weighted by Gasteiger charge is -2.36. The van der Waals surface area contributed by atoms with E-state index in [2.05, 4.69) is 248 Å². The molecule has 1 atom stereocenters. The Hall–Kier alpha value is -7.42. The van der Waals surface area contributed by atoms with Crippen LogP contribution in [0.1, 0.15) is 31.4 Å². The lowest BCUT2D eigenvalue weighted by atomic mass is 9.79. The monoisotopic (exact) mass is 782 g/mol. The minimum absolute atomic E-state index is 0.118. The summed E-state index contributed by atoms with van der Waals surface area (Å²) in [5.41, 5.74) is 16.0. The van der Waals surface area contributed by atoms with E-state index in [0.29, 0.717) is 0 Å². The number of fused-ring (bicyclic) bond motifs is 5. The van der Waals surface area contributed by atoms with Crippen molar-refractivity contribution in [3.05, 3.63) is 241 Å². The van der Waals surface area contributed by atoms with Gasteiger partial charge in [0.25, 0.3) is 0 Å². The molecule has 0 bridgehead atoms. The number of nitrogens with zero attached hydrogens (tertiary/aromatic N) is 2. The van der Waals surface area contributed by atoms with Crippen LogP contribution < -0.4 is 9.80 Å². The van der Waals surface area contributed by atoms with Crippen LogP contribution in [0, 0.1) is 0 Å². The maximum atomic E-state index is 2.58. The Labute approximate surface area is 359 Å². The fourth-order valence-corrected chi connectivity index (χ4v) is 9.82. The van der Waals surface area contributed by atoms with E-state index in [-0.39, 0.29) is 11.5 Å². The number of para-hydroxylation sites is 1. The number of rotatable bonds is 8. The Morgan fingerprint density at radius 1 is 0.443 bits per heavy atom. The van der Waals surface area contributed by atoms with Crippen LogP contribution in [0.4, 0.5) is 28.4 Å². The highest BCUT2D eigenvalue weighted by molar-refractivity contribution is 5.98. The first-order valence-electron chi connectivity index (χ1n) is 21.4. The third-order valence-electron chi connectivity index (χ3n) is 12.9. The number of allylic oxidation sites excluding steroid dienone is 2. The molecule has 9 aromatic rings. The molecule has 0 saturated heterocycles. The van der Waals surface area contributed by atoms with E-state index in [1.807, 2.05) is 0 Å². The summed E-state index contributed by atoms with van der Waals surface area (Å²) < 4.78 is 0. The average Bonchev–Trinajstić information content (AvgIpc) is 3.54. The molecule has 11 rings (SSSR count). The van der Waals surface area contributed by atoms with E-state index in [9.17, 15) is 0 Å². The highest BCUT2D eigenvalue weighted by Crippen LogP contribution is 2.54. The molecule has 0 N–H and O–H groups in total. The molecule has 2 nitrogen and oxygen atoms in total. The van der Waals surface area contributed by atoms with E-state index in [1.165, 1.54) is 77.4 Å². The predicted octanol–water partition coefficient (Wildman–Crippen LogP) is 16.0. The molecule has 2 heteroatoms. The SMILES string of the molecule is CC1(C)C2=CC(N(c3ccc(-c4ccc(-c5ccccc5)cc4)cc3)c3cccc4ccccc34)CC=C2c2ccc(N(c3ccccc3)c3ccc4ccccc4c3)cc21. The van der Waals surface area contributed by atoms with Gasteiger partial charge in [-0.1, -0.05) is 184 Å². The Kier molecular flexibility index (Phi) is 9.01. The van der Waals surface area contributed by atoms with E-state index in [4.69, 9.17) is 0 Å². The molecule has 2 aliphatic carbocycles. The Morgan fingerprint density at radius 2 is 1.00 bits per heavy atom. The van der Waals surface area contributed by atoms with Gasteiger partial charge in [0.15, 0.2) is 0 Å². The lowest BCUT2D eigenvalue weighted by Crippen LogP contribution is -2.32. The minimum Gasteiger partial charge on any atom is -0.334 e. The average molecular weight is 783 g/mol. The first kappa shape index (κ1) is 36.6. The van der Waals surface area contributed by atoms with E-state index in [1.54, 1.807) is 0 Å². The maximum Gasteiger partial charge on any atom is 0.0563 e. The van der Waals surface area contributed by atoms with Crippen LogP contribution in [0.5, 0.6) is 0 Å². The van der Waals surface area contributed by atoms with Crippen molar-refractivity contribution in [2.75, 3.05) is 9.80 Å². The van der Waals surface area contributed by atoms with Gasteiger partial charge in [-0.05, 0) is 122 Å². The molecule has 292 valence electrons. The highest BCUT2D eigenvalue weighted by atomic mass is 15.2. The molecule has 0 saturated carbocycles. The van der Waals surface area contributed by atoms with Crippen molar-refractivity contribution >= 4 is 55.6 Å². The summed E-state index contributed by atoms with van der Waals surface area (Å²) in [7, 11) is 0. The Bertz CT molecular complexity index is 3120. The van der Waals surface area contributed by atoms with Crippen LogP contribution in [0.15, 0.2) is 230 Å². The molecule has 0 aromatic heterocycles. The topological polar surface area (TPSA) is 6.48 Å². The van der Waals surface area contributed by atoms with Crippen LogP contribution in [-0.4, -0.2) is 6.04 Å². The van der Waals surface area contributed by atoms with E-state index < -0.39 is 0 Å². The molecule has 0 radical (unpaired) electrons. The van der Waals surface area contributed by atoms with Crippen LogP contribution in [0.2, 0.25) is 0 Å². The number of hydrogen-bond acceptors (Lipinski definition) is 2. The number of benzene rings is 9. The maximum absolute atomic E-state index is 2.58. The van der Waals surface area contributed by atoms with Gasteiger partial charge in [0.1, 0.15) is 0 Å². The molecule has 0 spiro atoms. The van der Waals surface area contributed by atoms with E-state index >= 15 is 0 Å². The van der Waals surface area contributed by atoms with Gasteiger partial charge in [-0.25, -0.2) is 0 Å². The van der Waals surface area contributed by atoms with Crippen molar-refractivity contribution < 1.29 is 0 Å². The molecule has 0 heterocycles. The zero-order valence-electron chi connectivity index (χ0n) is 34.5. The highest BCUT2D eigenvalue weighted by Gasteiger charge is 2.41. The Balaban J connectivity index is 0.971. The quantitative estimate of drug-likeness (QED) is 0.151. The second kappa shape index (κ2) is 15.0. The molecular weight excluding hydrogens is 737 g/mol. The van der Waals surface area contributed by atoms with Crippen molar-refractivity contribution in [3.8, 4) is 22.3 Å². The standard InChI is InChI=1S/C59H46N2/c1-59(2)56-39-51(60(48-20-7-4-8-21-48)50-33-30-42-16-9-10-18-47(42)38-50)34-36-54(56)55-37-35-52(40-57(55)59)61(58-23-13-19-46-17-11-12-22-53(46)58)49-31-28-45(29-32-49)44-26-24-43(25-27-44)41-14-5-3-6-15-41/h3-34,36-40,52H,35H2,1-2H3. The zero-order valence-corrected chi connectivity index (χ0v) is 34.5. The van der Waals surface area contributed by atoms with Crippen molar-refractivity contribution in [1.82, 2.24) is 0 Å². The largest absolute Gasteiger partial charge is 0.334 e. The van der Waals surface area contributed by atoms with Gasteiger partial charge in [0, 0.05) is 39.2 Å². The molecule has 0 aliphatic heterocycles. The summed E-state index contributed by atoms with van der Waals surface area (Å²) in [6, 6.07) is 77.6. The fourth-order valence-electron chi connectivity index (χ4n) is 9.82. The van der Waals surface area contributed by atoms with Crippen LogP contribution in [-0.2, 0) is 5.41 Å². The van der Waals surface area contributed by atoms with Crippen molar-refractivity contribution in [3.63, 3.8) is 0 Å². The predicted molar refractivity (Wildman–Crippen MR) is 260 cm³/mol. The molecule has 0 fully saturated rings. The number of anilines is 5. The first-order chi connectivity index (χ1) is 30.0. The number of hydrogen-bond donors (Lipinski definition) is 0. The zero-order chi connectivity index (χ0) is 40.9. The summed E-state index contributed by atoms with van der Waals surface area (Å²) in [6.07, 6.45) is 5.98. The molecular formula is C59H46N2. The molecule has 2 aliphatic rings. The van der Waals surface area contributed by atoms with Crippen molar-refractivity contribution in [2.45, 2.75) is 31.7 Å². The third kappa shape index (κ3) is 6.53. The summed E-state index contributed by atoms with van der Waals surface area (Å²) in [5, 5.41) is 4.98. The van der Waals surface area contributed by atoms with Crippen LogP contribution in [0.25, 0.3) is 49.4 Å². The van der Waals surface area contributed by atoms with Gasteiger partial charge >= 0.3 is 0 Å². The van der Waals surface area contributed by atoms with Gasteiger partial charge in [0.05, 0.1) is 6.04 Å². The van der Waals surface area contributed by atoms with Crippen LogP contribution in [0.3, 0.4) is 0 Å². The minimum atomic E-state index is -0.207. The molecule has 1 unspecified atom stereocenters. The first-order valence-corrected chi connectivity index (χ1v) is 21.4. The van der Waals surface area contributed by atoms with Gasteiger partial charge in [-0.3, -0.25) is 0 Å². The van der Waals surface area contributed by atoms with Gasteiger partial charge in [0.2, 0.25) is 0 Å². The van der Waals surface area contributed by atoms with Crippen molar-refractivity contribution in [1.29, 1.82) is 0 Å². The summed E-state index contributed by atoms with van der Waals surface area (Å²) in [6.45, 7) is 4.82. The van der Waals surface area contributed by atoms with Gasteiger partial charge < -0.3 is 9.80 Å². The van der Waals surface area contributed by atoms with E-state index in [0.717, 1.165) is 23.5 Å². The lowest BCUT2D eigenvalue weighted by molar-refractivity contribution is 0.645. The molecule has 9 aromatic carbocycles. The Morgan fingerprint density at radius 3 is 1.74 bits per heavy atom. The molecule has 61 heavy (non-hydrogen) atoms. The summed E-state index contributed by atoms with van der Waals surface area (Å²) in [5.74, 6) is 0. The third-order valence-corrected chi connectivity index (χ3v) is 12.9. The van der Waals surface area contributed by atoms with Crippen LogP contribution >= 0.6 is 0 Å². The molecule has 0 amide bonds. The second-order valence-corrected chi connectivity index (χ2v) is 16.9. The fraction of sp³-hybridized carbons (Fsp3) is 0.0847. The second-order valence-electron chi connectivity index (χ2n) is 16.9. The smallest absolute Gasteiger partial charge is 0.0563 e.